The second kappa shape index (κ2) is 8.26. The summed E-state index contributed by atoms with van der Waals surface area (Å²) in [6.07, 6.45) is 0. The fraction of sp³-hybridized carbons (Fsp3) is 0.273. The summed E-state index contributed by atoms with van der Waals surface area (Å²) in [6.45, 7) is 4.46. The SMILES string of the molecule is COC(=O)c1ccc(CNC(=O)c2ccc3c(c2)C(=O)N(CC(C)C)C3=O)cc1. The molecular weight excluding hydrogens is 372 g/mol. The molecule has 2 aromatic carbocycles. The second-order valence-electron chi connectivity index (χ2n) is 7.25. The number of carbonyl (C=O) groups excluding carboxylic acids is 4. The van der Waals surface area contributed by atoms with E-state index in [9.17, 15) is 19.2 Å². The Morgan fingerprint density at radius 3 is 2.21 bits per heavy atom. The van der Waals surface area contributed by atoms with Crippen molar-refractivity contribution in [3.8, 4) is 0 Å². The standard InChI is InChI=1S/C22H22N2O5/c1-13(2)12-24-20(26)17-9-8-16(10-18(17)21(24)27)19(25)23-11-14-4-6-15(7-5-14)22(28)29-3/h4-10,13H,11-12H2,1-3H3,(H,23,25). The van der Waals surface area contributed by atoms with E-state index < -0.39 is 5.97 Å². The quantitative estimate of drug-likeness (QED) is 0.601. The number of methoxy groups -OCH3 is 1. The molecule has 7 heteroatoms. The first-order valence-electron chi connectivity index (χ1n) is 9.27. The van der Waals surface area contributed by atoms with Crippen LogP contribution >= 0.6 is 0 Å². The number of carbonyl (C=O) groups is 4. The molecule has 0 atom stereocenters. The summed E-state index contributed by atoms with van der Waals surface area (Å²) < 4.78 is 4.65. The van der Waals surface area contributed by atoms with Gasteiger partial charge in [0.15, 0.2) is 0 Å². The third-order valence-electron chi connectivity index (χ3n) is 4.61. The molecule has 0 saturated heterocycles. The van der Waals surface area contributed by atoms with E-state index in [0.717, 1.165) is 5.56 Å². The van der Waals surface area contributed by atoms with Crippen LogP contribution in [-0.2, 0) is 11.3 Å². The molecule has 0 aromatic heterocycles. The number of fused-ring (bicyclic) bond motifs is 1. The van der Waals surface area contributed by atoms with Crippen molar-refractivity contribution in [1.29, 1.82) is 0 Å². The minimum Gasteiger partial charge on any atom is -0.465 e. The van der Waals surface area contributed by atoms with Crippen LogP contribution in [0.4, 0.5) is 0 Å². The van der Waals surface area contributed by atoms with Gasteiger partial charge in [0.25, 0.3) is 17.7 Å². The molecule has 1 N–H and O–H groups in total. The molecular formula is C22H22N2O5. The van der Waals surface area contributed by atoms with E-state index in [4.69, 9.17) is 0 Å². The Hall–Kier alpha value is -3.48. The van der Waals surface area contributed by atoms with Crippen molar-refractivity contribution < 1.29 is 23.9 Å². The van der Waals surface area contributed by atoms with Gasteiger partial charge in [0, 0.05) is 18.7 Å². The summed E-state index contributed by atoms with van der Waals surface area (Å²) in [7, 11) is 1.31. The summed E-state index contributed by atoms with van der Waals surface area (Å²) in [5, 5.41) is 2.77. The van der Waals surface area contributed by atoms with Gasteiger partial charge in [0.2, 0.25) is 0 Å². The molecule has 0 spiro atoms. The molecule has 0 fully saturated rings. The average molecular weight is 394 g/mol. The zero-order valence-electron chi connectivity index (χ0n) is 16.5. The van der Waals surface area contributed by atoms with Crippen molar-refractivity contribution in [3.63, 3.8) is 0 Å². The van der Waals surface area contributed by atoms with Crippen LogP contribution in [-0.4, -0.2) is 42.2 Å². The Balaban J connectivity index is 1.69. The van der Waals surface area contributed by atoms with E-state index in [1.807, 2.05) is 13.8 Å². The summed E-state index contributed by atoms with van der Waals surface area (Å²) in [6, 6.07) is 11.2. The number of rotatable bonds is 6. The van der Waals surface area contributed by atoms with E-state index in [1.165, 1.54) is 24.1 Å². The Bertz CT molecular complexity index is 979. The minimum absolute atomic E-state index is 0.158. The molecule has 1 heterocycles. The molecule has 1 aliphatic rings. The number of nitrogens with zero attached hydrogens (tertiary/aromatic N) is 1. The topological polar surface area (TPSA) is 92.8 Å². The first kappa shape index (κ1) is 20.3. The Morgan fingerprint density at radius 1 is 0.966 bits per heavy atom. The molecule has 29 heavy (non-hydrogen) atoms. The normalized spacial score (nSPS) is 12.9. The van der Waals surface area contributed by atoms with Crippen molar-refractivity contribution in [3.05, 3.63) is 70.3 Å². The molecule has 150 valence electrons. The number of ether oxygens (including phenoxy) is 1. The largest absolute Gasteiger partial charge is 0.465 e. The summed E-state index contributed by atoms with van der Waals surface area (Å²) >= 11 is 0. The molecule has 3 amide bonds. The predicted molar refractivity (Wildman–Crippen MR) is 106 cm³/mol. The minimum atomic E-state index is -0.426. The highest BCUT2D eigenvalue weighted by atomic mass is 16.5. The molecule has 2 aromatic rings. The van der Waals surface area contributed by atoms with Gasteiger partial charge in [-0.25, -0.2) is 4.79 Å². The Labute approximate surface area is 168 Å². The Morgan fingerprint density at radius 2 is 1.59 bits per heavy atom. The number of esters is 1. The number of hydrogen-bond acceptors (Lipinski definition) is 5. The summed E-state index contributed by atoms with van der Waals surface area (Å²) in [5.74, 6) is -1.31. The van der Waals surface area contributed by atoms with E-state index in [0.29, 0.717) is 23.2 Å². The first-order valence-corrected chi connectivity index (χ1v) is 9.27. The monoisotopic (exact) mass is 394 g/mol. The van der Waals surface area contributed by atoms with E-state index >= 15 is 0 Å². The van der Waals surface area contributed by atoms with Crippen molar-refractivity contribution >= 4 is 23.7 Å². The van der Waals surface area contributed by atoms with Gasteiger partial charge < -0.3 is 10.1 Å². The van der Waals surface area contributed by atoms with Gasteiger partial charge >= 0.3 is 5.97 Å². The third kappa shape index (κ3) is 4.18. The van der Waals surface area contributed by atoms with Crippen molar-refractivity contribution in [2.45, 2.75) is 20.4 Å². The number of nitrogens with one attached hydrogen (secondary N) is 1. The molecule has 0 radical (unpaired) electrons. The van der Waals surface area contributed by atoms with Crippen molar-refractivity contribution in [1.82, 2.24) is 10.2 Å². The molecule has 0 bridgehead atoms. The fourth-order valence-electron chi connectivity index (χ4n) is 3.12. The molecule has 0 saturated carbocycles. The number of benzene rings is 2. The van der Waals surface area contributed by atoms with Gasteiger partial charge in [-0.05, 0) is 41.8 Å². The van der Waals surface area contributed by atoms with Gasteiger partial charge in [-0.15, -0.1) is 0 Å². The van der Waals surface area contributed by atoms with Crippen LogP contribution in [0.15, 0.2) is 42.5 Å². The van der Waals surface area contributed by atoms with Gasteiger partial charge in [0.05, 0.1) is 23.8 Å². The van der Waals surface area contributed by atoms with Gasteiger partial charge in [-0.2, -0.15) is 0 Å². The van der Waals surface area contributed by atoms with Gasteiger partial charge in [-0.1, -0.05) is 26.0 Å². The van der Waals surface area contributed by atoms with Crippen LogP contribution in [0.1, 0.15) is 60.8 Å². The predicted octanol–water partition coefficient (Wildman–Crippen LogP) is 2.66. The third-order valence-corrected chi connectivity index (χ3v) is 4.61. The van der Waals surface area contributed by atoms with Crippen molar-refractivity contribution in [2.24, 2.45) is 5.92 Å². The maximum absolute atomic E-state index is 12.5. The maximum Gasteiger partial charge on any atom is 0.337 e. The van der Waals surface area contributed by atoms with Crippen LogP contribution in [0.3, 0.4) is 0 Å². The lowest BCUT2D eigenvalue weighted by Gasteiger charge is -2.15. The molecule has 1 aliphatic heterocycles. The van der Waals surface area contributed by atoms with Crippen molar-refractivity contribution in [2.75, 3.05) is 13.7 Å². The fourth-order valence-corrected chi connectivity index (χ4v) is 3.12. The molecule has 0 aliphatic carbocycles. The highest BCUT2D eigenvalue weighted by molar-refractivity contribution is 6.22. The van der Waals surface area contributed by atoms with Crippen LogP contribution in [0.25, 0.3) is 0 Å². The van der Waals surface area contributed by atoms with Crippen LogP contribution in [0.2, 0.25) is 0 Å². The summed E-state index contributed by atoms with van der Waals surface area (Å²) in [5.41, 5.74) is 2.12. The zero-order chi connectivity index (χ0) is 21.1. The number of hydrogen-bond donors (Lipinski definition) is 1. The smallest absolute Gasteiger partial charge is 0.337 e. The number of amides is 3. The zero-order valence-corrected chi connectivity index (χ0v) is 16.5. The number of imide groups is 1. The van der Waals surface area contributed by atoms with E-state index in [2.05, 4.69) is 10.1 Å². The highest BCUT2D eigenvalue weighted by Gasteiger charge is 2.36. The molecule has 0 unspecified atom stereocenters. The van der Waals surface area contributed by atoms with Gasteiger partial charge in [-0.3, -0.25) is 19.3 Å². The summed E-state index contributed by atoms with van der Waals surface area (Å²) in [4.78, 5) is 50.1. The Kier molecular flexibility index (Phi) is 5.77. The molecule has 3 rings (SSSR count). The first-order chi connectivity index (χ1) is 13.8. The van der Waals surface area contributed by atoms with Crippen LogP contribution in [0, 0.1) is 5.92 Å². The lowest BCUT2D eigenvalue weighted by molar-refractivity contribution is 0.0597. The molecule has 7 nitrogen and oxygen atoms in total. The van der Waals surface area contributed by atoms with E-state index in [1.54, 1.807) is 30.3 Å². The lowest BCUT2D eigenvalue weighted by Crippen LogP contribution is -2.33. The highest BCUT2D eigenvalue weighted by Crippen LogP contribution is 2.25. The maximum atomic E-state index is 12.5. The lowest BCUT2D eigenvalue weighted by atomic mass is 10.1. The average Bonchev–Trinajstić information content (AvgIpc) is 2.95. The van der Waals surface area contributed by atoms with Crippen LogP contribution in [0.5, 0.6) is 0 Å². The van der Waals surface area contributed by atoms with Crippen LogP contribution < -0.4 is 5.32 Å². The van der Waals surface area contributed by atoms with E-state index in [-0.39, 0.29) is 35.7 Å². The van der Waals surface area contributed by atoms with Gasteiger partial charge in [0.1, 0.15) is 0 Å². The second-order valence-corrected chi connectivity index (χ2v) is 7.25.